The third kappa shape index (κ3) is 5.79. The maximum absolute atomic E-state index is 12.4. The van der Waals surface area contributed by atoms with Crippen LogP contribution in [0.3, 0.4) is 0 Å². The van der Waals surface area contributed by atoms with E-state index in [1.807, 2.05) is 13.8 Å². The molecule has 0 saturated heterocycles. The van der Waals surface area contributed by atoms with Crippen molar-refractivity contribution < 1.29 is 23.9 Å². The average Bonchev–Trinajstić information content (AvgIpc) is 2.98. The number of amides is 2. The highest BCUT2D eigenvalue weighted by molar-refractivity contribution is 6.04. The molecule has 0 radical (unpaired) electrons. The highest BCUT2D eigenvalue weighted by atomic mass is 16.5. The molecule has 0 aliphatic heterocycles. The molecular weight excluding hydrogens is 386 g/mol. The van der Waals surface area contributed by atoms with E-state index in [4.69, 9.17) is 4.74 Å². The largest absolute Gasteiger partial charge is 0.454 e. The van der Waals surface area contributed by atoms with Gasteiger partial charge in [-0.2, -0.15) is 0 Å². The number of urea groups is 1. The Hall–Kier alpha value is -3.42. The van der Waals surface area contributed by atoms with E-state index in [0.29, 0.717) is 28.9 Å². The molecule has 0 bridgehead atoms. The maximum Gasteiger partial charge on any atom is 0.338 e. The molecule has 1 aromatic carbocycles. The number of aromatic amines is 1. The Morgan fingerprint density at radius 1 is 1.07 bits per heavy atom. The third-order valence-corrected chi connectivity index (χ3v) is 4.47. The number of carbonyl (C=O) groups excluding carboxylic acids is 4. The summed E-state index contributed by atoms with van der Waals surface area (Å²) in [6, 6.07) is 6.31. The number of aromatic nitrogens is 1. The monoisotopic (exact) mass is 413 g/mol. The first kappa shape index (κ1) is 22.9. The van der Waals surface area contributed by atoms with Gasteiger partial charge in [-0.05, 0) is 57.9 Å². The van der Waals surface area contributed by atoms with Crippen molar-refractivity contribution in [2.45, 2.75) is 47.2 Å². The molecule has 0 aliphatic carbocycles. The number of carbonyl (C=O) groups is 4. The molecule has 1 aromatic heterocycles. The van der Waals surface area contributed by atoms with E-state index in [0.717, 1.165) is 5.56 Å². The minimum Gasteiger partial charge on any atom is -0.454 e. The summed E-state index contributed by atoms with van der Waals surface area (Å²) in [6.45, 7) is 8.45. The van der Waals surface area contributed by atoms with Gasteiger partial charge in [-0.25, -0.2) is 9.59 Å². The zero-order valence-electron chi connectivity index (χ0n) is 17.8. The van der Waals surface area contributed by atoms with Crippen molar-refractivity contribution in [3.05, 3.63) is 57.9 Å². The number of hydrogen-bond donors (Lipinski definition) is 3. The summed E-state index contributed by atoms with van der Waals surface area (Å²) in [5.41, 5.74) is 3.03. The molecule has 160 valence electrons. The molecule has 3 N–H and O–H groups in total. The second kappa shape index (κ2) is 9.87. The summed E-state index contributed by atoms with van der Waals surface area (Å²) in [6.07, 6.45) is 0. The van der Waals surface area contributed by atoms with Gasteiger partial charge in [-0.3, -0.25) is 9.59 Å². The van der Waals surface area contributed by atoms with Gasteiger partial charge in [-0.15, -0.1) is 0 Å². The topological polar surface area (TPSA) is 117 Å². The van der Waals surface area contributed by atoms with Crippen LogP contribution < -0.4 is 10.6 Å². The van der Waals surface area contributed by atoms with Gasteiger partial charge in [0, 0.05) is 23.8 Å². The van der Waals surface area contributed by atoms with E-state index in [2.05, 4.69) is 15.6 Å². The Bertz CT molecular complexity index is 958. The molecule has 8 heteroatoms. The van der Waals surface area contributed by atoms with Gasteiger partial charge in [0.15, 0.2) is 12.4 Å². The van der Waals surface area contributed by atoms with E-state index in [9.17, 15) is 19.2 Å². The summed E-state index contributed by atoms with van der Waals surface area (Å²) < 4.78 is 5.12. The number of hydrogen-bond acceptors (Lipinski definition) is 5. The van der Waals surface area contributed by atoms with Crippen molar-refractivity contribution in [1.29, 1.82) is 0 Å². The lowest BCUT2D eigenvalue weighted by Gasteiger charge is -2.10. The molecule has 1 heterocycles. The van der Waals surface area contributed by atoms with Crippen molar-refractivity contribution in [2.24, 2.45) is 0 Å². The molecule has 0 spiro atoms. The zero-order chi connectivity index (χ0) is 22.4. The SMILES string of the molecule is CC(=O)c1c(C)[nH]c(C(=O)COC(=O)c2ccc(CNC(=O)NC(C)C)cc2)c1C. The van der Waals surface area contributed by atoms with Gasteiger partial charge in [0.1, 0.15) is 0 Å². The van der Waals surface area contributed by atoms with Crippen LogP contribution in [0.5, 0.6) is 0 Å². The molecule has 0 atom stereocenters. The van der Waals surface area contributed by atoms with E-state index in [1.54, 1.807) is 38.1 Å². The summed E-state index contributed by atoms with van der Waals surface area (Å²) >= 11 is 0. The van der Waals surface area contributed by atoms with Crippen molar-refractivity contribution in [1.82, 2.24) is 15.6 Å². The lowest BCUT2D eigenvalue weighted by molar-refractivity contribution is 0.0473. The van der Waals surface area contributed by atoms with Crippen LogP contribution in [0.1, 0.15) is 68.8 Å². The molecule has 8 nitrogen and oxygen atoms in total. The highest BCUT2D eigenvalue weighted by Crippen LogP contribution is 2.19. The van der Waals surface area contributed by atoms with Crippen LogP contribution >= 0.6 is 0 Å². The predicted octanol–water partition coefficient (Wildman–Crippen LogP) is 3.08. The maximum atomic E-state index is 12.4. The van der Waals surface area contributed by atoms with Crippen molar-refractivity contribution >= 4 is 23.6 Å². The van der Waals surface area contributed by atoms with Crippen molar-refractivity contribution in [3.8, 4) is 0 Å². The van der Waals surface area contributed by atoms with Crippen LogP contribution in [-0.2, 0) is 11.3 Å². The highest BCUT2D eigenvalue weighted by Gasteiger charge is 2.21. The van der Waals surface area contributed by atoms with Gasteiger partial charge in [0.05, 0.1) is 11.3 Å². The molecule has 2 rings (SSSR count). The Morgan fingerprint density at radius 2 is 1.70 bits per heavy atom. The fraction of sp³-hybridized carbons (Fsp3) is 0.364. The molecule has 0 aliphatic rings. The number of benzene rings is 1. The minimum atomic E-state index is -0.631. The Labute approximate surface area is 175 Å². The number of Topliss-reactive ketones (excluding diaryl/α,β-unsaturated/α-hetero) is 2. The van der Waals surface area contributed by atoms with E-state index in [-0.39, 0.29) is 23.6 Å². The smallest absolute Gasteiger partial charge is 0.338 e. The fourth-order valence-electron chi connectivity index (χ4n) is 3.10. The molecule has 0 saturated carbocycles. The zero-order valence-corrected chi connectivity index (χ0v) is 17.8. The number of nitrogens with one attached hydrogen (secondary N) is 3. The number of ether oxygens (including phenoxy) is 1. The Balaban J connectivity index is 1.92. The van der Waals surface area contributed by atoms with Crippen LogP contribution in [0.2, 0.25) is 0 Å². The summed E-state index contributed by atoms with van der Waals surface area (Å²) in [4.78, 5) is 50.8. The molecule has 0 fully saturated rings. The number of aryl methyl sites for hydroxylation is 1. The minimum absolute atomic E-state index is 0.0394. The quantitative estimate of drug-likeness (QED) is 0.454. The Morgan fingerprint density at radius 3 is 2.23 bits per heavy atom. The third-order valence-electron chi connectivity index (χ3n) is 4.47. The summed E-state index contributed by atoms with van der Waals surface area (Å²) in [5, 5.41) is 5.44. The van der Waals surface area contributed by atoms with Crippen LogP contribution in [0.15, 0.2) is 24.3 Å². The first-order chi connectivity index (χ1) is 14.1. The lowest BCUT2D eigenvalue weighted by atomic mass is 10.1. The van der Waals surface area contributed by atoms with Crippen LogP contribution in [0, 0.1) is 13.8 Å². The number of ketones is 2. The van der Waals surface area contributed by atoms with Crippen LogP contribution in [-0.4, -0.2) is 41.2 Å². The summed E-state index contributed by atoms with van der Waals surface area (Å²) in [7, 11) is 0. The number of H-pyrrole nitrogens is 1. The van der Waals surface area contributed by atoms with Crippen molar-refractivity contribution in [2.75, 3.05) is 6.61 Å². The molecule has 0 unspecified atom stereocenters. The van der Waals surface area contributed by atoms with E-state index < -0.39 is 18.4 Å². The Kier molecular flexibility index (Phi) is 7.52. The molecular formula is C22H27N3O5. The predicted molar refractivity (Wildman–Crippen MR) is 112 cm³/mol. The van der Waals surface area contributed by atoms with Gasteiger partial charge in [-0.1, -0.05) is 12.1 Å². The number of rotatable bonds is 8. The normalized spacial score (nSPS) is 10.6. The average molecular weight is 413 g/mol. The van der Waals surface area contributed by atoms with E-state index in [1.165, 1.54) is 6.92 Å². The number of esters is 1. The van der Waals surface area contributed by atoms with Gasteiger partial charge in [0.2, 0.25) is 5.78 Å². The van der Waals surface area contributed by atoms with Crippen LogP contribution in [0.4, 0.5) is 4.79 Å². The first-order valence-corrected chi connectivity index (χ1v) is 9.63. The standard InChI is InChI=1S/C22H27N3O5/c1-12(2)24-22(29)23-10-16-6-8-17(9-7-16)21(28)30-11-18(27)20-13(3)19(15(5)26)14(4)25-20/h6-9,12,25H,10-11H2,1-5H3,(H2,23,24,29). The summed E-state index contributed by atoms with van der Waals surface area (Å²) in [5.74, 6) is -1.17. The second-order valence-corrected chi connectivity index (χ2v) is 7.36. The molecule has 2 aromatic rings. The van der Waals surface area contributed by atoms with E-state index >= 15 is 0 Å². The van der Waals surface area contributed by atoms with Gasteiger partial charge >= 0.3 is 12.0 Å². The van der Waals surface area contributed by atoms with Gasteiger partial charge in [0.25, 0.3) is 0 Å². The molecule has 2 amide bonds. The second-order valence-electron chi connectivity index (χ2n) is 7.36. The van der Waals surface area contributed by atoms with Crippen molar-refractivity contribution in [3.63, 3.8) is 0 Å². The van der Waals surface area contributed by atoms with Crippen LogP contribution in [0.25, 0.3) is 0 Å². The fourth-order valence-corrected chi connectivity index (χ4v) is 3.10. The lowest BCUT2D eigenvalue weighted by Crippen LogP contribution is -2.39. The first-order valence-electron chi connectivity index (χ1n) is 9.63. The van der Waals surface area contributed by atoms with Gasteiger partial charge < -0.3 is 20.4 Å². The molecule has 30 heavy (non-hydrogen) atoms.